The summed E-state index contributed by atoms with van der Waals surface area (Å²) in [4.78, 5) is 24.0. The molecule has 120 valence electrons. The van der Waals surface area contributed by atoms with Crippen LogP contribution in [-0.4, -0.2) is 32.4 Å². The summed E-state index contributed by atoms with van der Waals surface area (Å²) in [5.74, 6) is 0.289. The second-order valence-electron chi connectivity index (χ2n) is 6.25. The minimum absolute atomic E-state index is 0.230. The molecule has 3 heterocycles. The Labute approximate surface area is 133 Å². The van der Waals surface area contributed by atoms with Crippen molar-refractivity contribution in [2.45, 2.75) is 44.4 Å². The van der Waals surface area contributed by atoms with Gasteiger partial charge in [-0.2, -0.15) is 0 Å². The van der Waals surface area contributed by atoms with E-state index in [0.717, 1.165) is 28.1 Å². The fraction of sp³-hybridized carbons (Fsp3) is 0.471. The zero-order valence-electron chi connectivity index (χ0n) is 13.2. The Bertz CT molecular complexity index is 858. The van der Waals surface area contributed by atoms with Crippen LogP contribution in [0.25, 0.3) is 16.8 Å². The summed E-state index contributed by atoms with van der Waals surface area (Å²) in [6.45, 7) is 0. The Morgan fingerprint density at radius 1 is 1.39 bits per heavy atom. The maximum Gasteiger partial charge on any atom is 0.310 e. The average Bonchev–Trinajstić information content (AvgIpc) is 3.19. The van der Waals surface area contributed by atoms with E-state index in [1.807, 2.05) is 6.20 Å². The molecule has 1 saturated carbocycles. The van der Waals surface area contributed by atoms with Crippen molar-refractivity contribution in [3.05, 3.63) is 29.8 Å². The molecule has 0 unspecified atom stereocenters. The third-order valence-corrected chi connectivity index (χ3v) is 4.80. The van der Waals surface area contributed by atoms with Crippen LogP contribution in [0.5, 0.6) is 0 Å². The van der Waals surface area contributed by atoms with Crippen LogP contribution >= 0.6 is 0 Å². The van der Waals surface area contributed by atoms with E-state index < -0.39 is 0 Å². The first-order valence-electron chi connectivity index (χ1n) is 8.17. The highest BCUT2D eigenvalue weighted by Crippen LogP contribution is 2.32. The largest absolute Gasteiger partial charge is 0.469 e. The van der Waals surface area contributed by atoms with Crippen molar-refractivity contribution in [3.8, 4) is 0 Å². The molecule has 1 aliphatic carbocycles. The molecule has 0 radical (unpaired) electrons. The molecule has 3 aromatic heterocycles. The van der Waals surface area contributed by atoms with Crippen LogP contribution in [0.1, 0.15) is 49.3 Å². The van der Waals surface area contributed by atoms with Crippen LogP contribution in [0.2, 0.25) is 0 Å². The second-order valence-corrected chi connectivity index (χ2v) is 6.25. The second kappa shape index (κ2) is 5.68. The first-order valence-corrected chi connectivity index (χ1v) is 8.17. The van der Waals surface area contributed by atoms with E-state index in [1.54, 1.807) is 6.20 Å². The summed E-state index contributed by atoms with van der Waals surface area (Å²) in [5, 5.41) is 0. The van der Waals surface area contributed by atoms with Gasteiger partial charge in [-0.15, -0.1) is 0 Å². The lowest BCUT2D eigenvalue weighted by molar-refractivity contribution is -0.139. The number of nitrogens with one attached hydrogen (secondary N) is 1. The molecule has 0 spiro atoms. The van der Waals surface area contributed by atoms with Gasteiger partial charge >= 0.3 is 5.97 Å². The minimum Gasteiger partial charge on any atom is -0.469 e. The predicted molar refractivity (Wildman–Crippen MR) is 86.4 cm³/mol. The molecule has 1 aliphatic rings. The monoisotopic (exact) mass is 312 g/mol. The fourth-order valence-electron chi connectivity index (χ4n) is 3.57. The quantitative estimate of drug-likeness (QED) is 0.755. The van der Waals surface area contributed by atoms with Gasteiger partial charge in [-0.3, -0.25) is 9.20 Å². The molecule has 3 aromatic rings. The Kier molecular flexibility index (Phi) is 3.52. The molecular formula is C17H20N4O2. The summed E-state index contributed by atoms with van der Waals surface area (Å²) in [5.41, 5.74) is 4.55. The molecule has 1 N–H and O–H groups in total. The number of hydrogen-bond acceptors (Lipinski definition) is 4. The van der Waals surface area contributed by atoms with Gasteiger partial charge in [0.05, 0.1) is 30.9 Å². The zero-order chi connectivity index (χ0) is 15.8. The summed E-state index contributed by atoms with van der Waals surface area (Å²) in [6.07, 6.45) is 12.3. The summed E-state index contributed by atoms with van der Waals surface area (Å²) in [7, 11) is 1.41. The van der Waals surface area contributed by atoms with E-state index in [9.17, 15) is 4.79 Å². The number of nitrogens with zero attached hydrogens (tertiary/aromatic N) is 3. The molecule has 0 aliphatic heterocycles. The molecule has 4 rings (SSSR count). The van der Waals surface area contributed by atoms with Gasteiger partial charge in [-0.25, -0.2) is 9.97 Å². The number of hydrogen-bond donors (Lipinski definition) is 1. The lowest BCUT2D eigenvalue weighted by atomic mass is 9.87. The normalized spacial score (nSPS) is 16.2. The molecule has 0 aromatic carbocycles. The molecule has 6 heteroatoms. The van der Waals surface area contributed by atoms with Crippen molar-refractivity contribution in [1.82, 2.24) is 19.4 Å². The number of H-pyrrole nitrogens is 1. The van der Waals surface area contributed by atoms with Crippen LogP contribution in [0.15, 0.2) is 18.6 Å². The Hall–Kier alpha value is -2.37. The number of rotatable bonds is 3. The molecule has 0 saturated heterocycles. The van der Waals surface area contributed by atoms with Crippen molar-refractivity contribution in [2.24, 2.45) is 0 Å². The number of carbonyl (C=O) groups excluding carboxylic acids is 1. The van der Waals surface area contributed by atoms with E-state index >= 15 is 0 Å². The van der Waals surface area contributed by atoms with Crippen molar-refractivity contribution in [1.29, 1.82) is 0 Å². The SMILES string of the molecule is COC(=O)Cc1c[nH]c2ncc3nc(C4CCCCC4)cn3c12. The van der Waals surface area contributed by atoms with Gasteiger partial charge in [0.1, 0.15) is 0 Å². The number of fused-ring (bicyclic) bond motifs is 3. The van der Waals surface area contributed by atoms with E-state index in [4.69, 9.17) is 9.72 Å². The van der Waals surface area contributed by atoms with Gasteiger partial charge in [-0.05, 0) is 12.8 Å². The average molecular weight is 312 g/mol. The highest BCUT2D eigenvalue weighted by molar-refractivity contribution is 5.84. The lowest BCUT2D eigenvalue weighted by Gasteiger charge is -2.19. The smallest absolute Gasteiger partial charge is 0.310 e. The maximum atomic E-state index is 11.6. The number of esters is 1. The third-order valence-electron chi connectivity index (χ3n) is 4.80. The predicted octanol–water partition coefficient (Wildman–Crippen LogP) is 2.97. The number of aromatic nitrogens is 4. The standard InChI is InChI=1S/C17H20N4O2/c1-23-15(22)7-12-8-18-17-16(12)21-10-13(20-14(21)9-19-17)11-5-3-2-4-6-11/h8-11,18H,2-7H2,1H3. The van der Waals surface area contributed by atoms with Gasteiger partial charge in [0, 0.05) is 23.9 Å². The lowest BCUT2D eigenvalue weighted by Crippen LogP contribution is -2.05. The maximum absolute atomic E-state index is 11.6. The number of ether oxygens (including phenoxy) is 1. The van der Waals surface area contributed by atoms with Gasteiger partial charge in [0.15, 0.2) is 11.3 Å². The van der Waals surface area contributed by atoms with Gasteiger partial charge in [-0.1, -0.05) is 19.3 Å². The van der Waals surface area contributed by atoms with E-state index in [0.29, 0.717) is 5.92 Å². The number of aromatic amines is 1. The molecule has 6 nitrogen and oxygen atoms in total. The van der Waals surface area contributed by atoms with Crippen LogP contribution in [0.4, 0.5) is 0 Å². The molecule has 0 bridgehead atoms. The number of carbonyl (C=O) groups is 1. The van der Waals surface area contributed by atoms with Gasteiger partial charge in [0.2, 0.25) is 0 Å². The Balaban J connectivity index is 1.81. The topological polar surface area (TPSA) is 72.3 Å². The third kappa shape index (κ3) is 2.48. The fourth-order valence-corrected chi connectivity index (χ4v) is 3.57. The highest BCUT2D eigenvalue weighted by atomic mass is 16.5. The first kappa shape index (κ1) is 14.2. The Morgan fingerprint density at radius 2 is 2.22 bits per heavy atom. The van der Waals surface area contributed by atoms with Crippen LogP contribution in [0, 0.1) is 0 Å². The molecule has 0 atom stereocenters. The number of methoxy groups -OCH3 is 1. The van der Waals surface area contributed by atoms with Gasteiger partial charge in [0.25, 0.3) is 0 Å². The summed E-state index contributed by atoms with van der Waals surface area (Å²) in [6, 6.07) is 0. The van der Waals surface area contributed by atoms with E-state index in [2.05, 4.69) is 20.6 Å². The molecular weight excluding hydrogens is 292 g/mol. The molecule has 1 fully saturated rings. The van der Waals surface area contributed by atoms with Gasteiger partial charge < -0.3 is 9.72 Å². The Morgan fingerprint density at radius 3 is 3.00 bits per heavy atom. The van der Waals surface area contributed by atoms with Crippen molar-refractivity contribution >= 4 is 22.8 Å². The van der Waals surface area contributed by atoms with Crippen LogP contribution < -0.4 is 0 Å². The van der Waals surface area contributed by atoms with Crippen molar-refractivity contribution in [2.75, 3.05) is 7.11 Å². The summed E-state index contributed by atoms with van der Waals surface area (Å²) < 4.78 is 6.84. The first-order chi connectivity index (χ1) is 11.3. The van der Waals surface area contributed by atoms with Crippen molar-refractivity contribution < 1.29 is 9.53 Å². The minimum atomic E-state index is -0.254. The molecule has 0 amide bonds. The summed E-state index contributed by atoms with van der Waals surface area (Å²) >= 11 is 0. The zero-order valence-corrected chi connectivity index (χ0v) is 13.2. The van der Waals surface area contributed by atoms with Crippen LogP contribution in [-0.2, 0) is 16.0 Å². The highest BCUT2D eigenvalue weighted by Gasteiger charge is 2.20. The van der Waals surface area contributed by atoms with E-state index in [1.165, 1.54) is 39.2 Å². The van der Waals surface area contributed by atoms with E-state index in [-0.39, 0.29) is 12.4 Å². The molecule has 23 heavy (non-hydrogen) atoms. The van der Waals surface area contributed by atoms with Crippen LogP contribution in [0.3, 0.4) is 0 Å². The van der Waals surface area contributed by atoms with Crippen molar-refractivity contribution in [3.63, 3.8) is 0 Å². The number of imidazole rings is 1.